The topological polar surface area (TPSA) is 41.4 Å². The highest BCUT2D eigenvalue weighted by molar-refractivity contribution is 7.98. The zero-order valence-corrected chi connectivity index (χ0v) is 17.0. The summed E-state index contributed by atoms with van der Waals surface area (Å²) in [5.74, 6) is 0.153. The van der Waals surface area contributed by atoms with Gasteiger partial charge in [0.25, 0.3) is 0 Å². The number of piperazine rings is 1. The normalized spacial score (nSPS) is 17.9. The van der Waals surface area contributed by atoms with Crippen molar-refractivity contribution in [1.29, 1.82) is 0 Å². The molecular weight excluding hydrogens is 368 g/mol. The summed E-state index contributed by atoms with van der Waals surface area (Å²) >= 11 is 1.68. The van der Waals surface area contributed by atoms with E-state index >= 15 is 0 Å². The smallest absolute Gasteiger partial charge is 0.241 e. The number of pyridine rings is 1. The van der Waals surface area contributed by atoms with Crippen molar-refractivity contribution < 1.29 is 4.79 Å². The van der Waals surface area contributed by atoms with Crippen molar-refractivity contribution >= 4 is 23.4 Å². The Labute approximate surface area is 170 Å². The molecule has 4 rings (SSSR count). The zero-order valence-electron chi connectivity index (χ0n) is 16.2. The lowest BCUT2D eigenvalue weighted by molar-refractivity contribution is -0.122. The van der Waals surface area contributed by atoms with Gasteiger partial charge < -0.3 is 9.47 Å². The Hall–Kier alpha value is -2.57. The lowest BCUT2D eigenvalue weighted by Gasteiger charge is -2.40. The fraction of sp³-hybridized carbons (Fsp3) is 0.273. The van der Waals surface area contributed by atoms with Crippen molar-refractivity contribution in [3.8, 4) is 5.69 Å². The second-order valence-electron chi connectivity index (χ2n) is 7.03. The van der Waals surface area contributed by atoms with Crippen LogP contribution in [-0.2, 0) is 11.3 Å². The predicted octanol–water partition coefficient (Wildman–Crippen LogP) is 3.83. The fourth-order valence-corrected chi connectivity index (χ4v) is 4.47. The van der Waals surface area contributed by atoms with E-state index in [0.717, 1.165) is 35.1 Å². The summed E-state index contributed by atoms with van der Waals surface area (Å²) in [6.07, 6.45) is 7.73. The molecule has 0 N–H and O–H groups in total. The SMILES string of the molecule is CSc1ccccc1N1C(=O)CN(Cc2cccn2-c2cccnc2)CC1C. The van der Waals surface area contributed by atoms with E-state index in [1.165, 1.54) is 0 Å². The van der Waals surface area contributed by atoms with Crippen LogP contribution in [0.3, 0.4) is 0 Å². The minimum Gasteiger partial charge on any atom is -0.318 e. The van der Waals surface area contributed by atoms with E-state index in [9.17, 15) is 4.79 Å². The molecule has 1 aliphatic heterocycles. The van der Waals surface area contributed by atoms with Crippen LogP contribution >= 0.6 is 11.8 Å². The van der Waals surface area contributed by atoms with Gasteiger partial charge >= 0.3 is 0 Å². The maximum atomic E-state index is 13.0. The number of hydrogen-bond donors (Lipinski definition) is 0. The molecule has 2 aromatic heterocycles. The van der Waals surface area contributed by atoms with Crippen molar-refractivity contribution in [3.05, 3.63) is 72.8 Å². The first-order chi connectivity index (χ1) is 13.7. The summed E-state index contributed by atoms with van der Waals surface area (Å²) in [5, 5.41) is 0. The first-order valence-electron chi connectivity index (χ1n) is 9.41. The minimum atomic E-state index is 0.122. The van der Waals surface area contributed by atoms with E-state index < -0.39 is 0 Å². The third-order valence-corrected chi connectivity index (χ3v) is 5.86. The molecule has 3 aromatic rings. The minimum absolute atomic E-state index is 0.122. The van der Waals surface area contributed by atoms with Crippen LogP contribution in [0.1, 0.15) is 12.6 Å². The molecule has 0 aliphatic carbocycles. The molecule has 0 saturated carbocycles. The van der Waals surface area contributed by atoms with Crippen molar-refractivity contribution in [2.24, 2.45) is 0 Å². The van der Waals surface area contributed by atoms with E-state index in [0.29, 0.717) is 6.54 Å². The number of hydrogen-bond acceptors (Lipinski definition) is 4. The zero-order chi connectivity index (χ0) is 19.5. The van der Waals surface area contributed by atoms with Crippen LogP contribution < -0.4 is 4.90 Å². The molecule has 1 amide bonds. The van der Waals surface area contributed by atoms with Crippen molar-refractivity contribution in [3.63, 3.8) is 0 Å². The number of thioether (sulfide) groups is 1. The number of aromatic nitrogens is 2. The van der Waals surface area contributed by atoms with Gasteiger partial charge in [0.2, 0.25) is 5.91 Å². The number of anilines is 1. The molecule has 1 aromatic carbocycles. The van der Waals surface area contributed by atoms with Crippen LogP contribution in [0.15, 0.2) is 72.0 Å². The van der Waals surface area contributed by atoms with Crippen LogP contribution in [0.2, 0.25) is 0 Å². The van der Waals surface area contributed by atoms with Crippen molar-refractivity contribution in [2.45, 2.75) is 24.4 Å². The molecule has 1 aliphatic rings. The number of rotatable bonds is 5. The maximum Gasteiger partial charge on any atom is 0.241 e. The third-order valence-electron chi connectivity index (χ3n) is 5.08. The van der Waals surface area contributed by atoms with E-state index in [1.54, 1.807) is 18.0 Å². The molecule has 28 heavy (non-hydrogen) atoms. The first kappa shape index (κ1) is 18.8. The van der Waals surface area contributed by atoms with Gasteiger partial charge in [0.05, 0.1) is 24.1 Å². The Morgan fingerprint density at radius 3 is 2.75 bits per heavy atom. The summed E-state index contributed by atoms with van der Waals surface area (Å²) in [5.41, 5.74) is 3.21. The maximum absolute atomic E-state index is 13.0. The molecule has 6 heteroatoms. The third kappa shape index (κ3) is 3.70. The Balaban J connectivity index is 1.52. The van der Waals surface area contributed by atoms with Gasteiger partial charge in [-0.05, 0) is 49.6 Å². The Morgan fingerprint density at radius 2 is 2.00 bits per heavy atom. The van der Waals surface area contributed by atoms with E-state index in [2.05, 4.69) is 39.8 Å². The van der Waals surface area contributed by atoms with Gasteiger partial charge in [-0.1, -0.05) is 12.1 Å². The second-order valence-corrected chi connectivity index (χ2v) is 7.88. The molecule has 0 bridgehead atoms. The van der Waals surface area contributed by atoms with E-state index in [4.69, 9.17) is 0 Å². The summed E-state index contributed by atoms with van der Waals surface area (Å²) in [6, 6.07) is 16.4. The fourth-order valence-electron chi connectivity index (χ4n) is 3.88. The molecule has 3 heterocycles. The highest BCUT2D eigenvalue weighted by Gasteiger charge is 2.32. The summed E-state index contributed by atoms with van der Waals surface area (Å²) in [4.78, 5) is 22.6. The summed E-state index contributed by atoms with van der Waals surface area (Å²) in [6.45, 7) is 4.12. The van der Waals surface area contributed by atoms with Crippen molar-refractivity contribution in [1.82, 2.24) is 14.5 Å². The lowest BCUT2D eigenvalue weighted by atomic mass is 10.1. The number of nitrogens with zero attached hydrogens (tertiary/aromatic N) is 4. The Morgan fingerprint density at radius 1 is 1.14 bits per heavy atom. The summed E-state index contributed by atoms with van der Waals surface area (Å²) < 4.78 is 2.14. The van der Waals surface area contributed by atoms with Crippen LogP contribution in [-0.4, -0.2) is 45.7 Å². The quantitative estimate of drug-likeness (QED) is 0.619. The lowest BCUT2D eigenvalue weighted by Crippen LogP contribution is -2.55. The Bertz CT molecular complexity index is 956. The molecule has 144 valence electrons. The number of carbonyl (C=O) groups excluding carboxylic acids is 1. The van der Waals surface area contributed by atoms with Crippen LogP contribution in [0, 0.1) is 0 Å². The van der Waals surface area contributed by atoms with Gasteiger partial charge in [0.15, 0.2) is 0 Å². The van der Waals surface area contributed by atoms with E-state index in [-0.39, 0.29) is 11.9 Å². The predicted molar refractivity (Wildman–Crippen MR) is 114 cm³/mol. The molecule has 1 fully saturated rings. The summed E-state index contributed by atoms with van der Waals surface area (Å²) in [7, 11) is 0. The molecule has 5 nitrogen and oxygen atoms in total. The molecule has 1 unspecified atom stereocenters. The average Bonchev–Trinajstić information content (AvgIpc) is 3.16. The van der Waals surface area contributed by atoms with Gasteiger partial charge in [-0.15, -0.1) is 11.8 Å². The molecule has 1 saturated heterocycles. The average molecular weight is 393 g/mol. The van der Waals surface area contributed by atoms with Crippen LogP contribution in [0.5, 0.6) is 0 Å². The Kier molecular flexibility index (Phi) is 5.50. The van der Waals surface area contributed by atoms with E-state index in [1.807, 2.05) is 53.7 Å². The van der Waals surface area contributed by atoms with Gasteiger partial charge in [0.1, 0.15) is 0 Å². The van der Waals surface area contributed by atoms with Gasteiger partial charge in [-0.3, -0.25) is 14.7 Å². The second kappa shape index (κ2) is 8.20. The van der Waals surface area contributed by atoms with Gasteiger partial charge in [0, 0.05) is 42.1 Å². The van der Waals surface area contributed by atoms with Crippen LogP contribution in [0.25, 0.3) is 5.69 Å². The number of amides is 1. The van der Waals surface area contributed by atoms with Gasteiger partial charge in [-0.2, -0.15) is 0 Å². The number of carbonyl (C=O) groups is 1. The first-order valence-corrected chi connectivity index (χ1v) is 10.6. The molecular formula is C22H24N4OS. The highest BCUT2D eigenvalue weighted by Crippen LogP contribution is 2.31. The molecule has 0 radical (unpaired) electrons. The van der Waals surface area contributed by atoms with Crippen molar-refractivity contribution in [2.75, 3.05) is 24.2 Å². The number of benzene rings is 1. The largest absolute Gasteiger partial charge is 0.318 e. The van der Waals surface area contributed by atoms with Crippen LogP contribution in [0.4, 0.5) is 5.69 Å². The van der Waals surface area contributed by atoms with Gasteiger partial charge in [-0.25, -0.2) is 0 Å². The highest BCUT2D eigenvalue weighted by atomic mass is 32.2. The number of para-hydroxylation sites is 1. The molecule has 1 atom stereocenters. The standard InChI is InChI=1S/C22H24N4OS/c1-17-14-24(15-19-8-6-12-25(19)18-7-5-11-23-13-18)16-22(27)26(17)20-9-3-4-10-21(20)28-2/h3-13,17H,14-16H2,1-2H3. The monoisotopic (exact) mass is 392 g/mol. The molecule has 0 spiro atoms.